The lowest BCUT2D eigenvalue weighted by Gasteiger charge is -2.17. The fourth-order valence-corrected chi connectivity index (χ4v) is 2.21. The van der Waals surface area contributed by atoms with E-state index in [9.17, 15) is 10.1 Å². The largest absolute Gasteiger partial charge is 0.372 e. The second-order valence-corrected chi connectivity index (χ2v) is 4.38. The van der Waals surface area contributed by atoms with Gasteiger partial charge in [-0.1, -0.05) is 6.08 Å². The Morgan fingerprint density at radius 3 is 3.20 bits per heavy atom. The van der Waals surface area contributed by atoms with E-state index in [2.05, 4.69) is 11.6 Å². The molecule has 1 saturated heterocycles. The molecule has 1 aromatic heterocycles. The van der Waals surface area contributed by atoms with E-state index in [4.69, 9.17) is 10.00 Å². The third kappa shape index (κ3) is 2.75. The molecule has 1 aliphatic heterocycles. The van der Waals surface area contributed by atoms with Gasteiger partial charge in [0.1, 0.15) is 11.6 Å². The molecule has 20 heavy (non-hydrogen) atoms. The fourth-order valence-electron chi connectivity index (χ4n) is 2.21. The van der Waals surface area contributed by atoms with Crippen molar-refractivity contribution in [3.8, 4) is 6.07 Å². The molecule has 1 fully saturated rings. The maximum Gasteiger partial charge on any atom is 0.329 e. The van der Waals surface area contributed by atoms with Gasteiger partial charge >= 0.3 is 5.69 Å². The molecule has 1 unspecified atom stereocenters. The molecule has 2 rings (SSSR count). The first-order chi connectivity index (χ1) is 9.67. The Morgan fingerprint density at radius 2 is 2.55 bits per heavy atom. The first-order valence-corrected chi connectivity index (χ1v) is 6.18. The Morgan fingerprint density at radius 1 is 1.75 bits per heavy atom. The van der Waals surface area contributed by atoms with Crippen LogP contribution >= 0.6 is 0 Å². The maximum absolute atomic E-state index is 11.2. The van der Waals surface area contributed by atoms with Crippen LogP contribution in [0.15, 0.2) is 24.9 Å². The third-order valence-corrected chi connectivity index (χ3v) is 3.10. The topological polar surface area (TPSA) is 92.3 Å². The molecule has 0 aromatic carbocycles. The summed E-state index contributed by atoms with van der Waals surface area (Å²) in [4.78, 5) is 16.4. The molecular formula is C13H14N4O3. The number of rotatable bonds is 5. The van der Waals surface area contributed by atoms with Crippen LogP contribution in [0, 0.1) is 21.4 Å². The minimum Gasteiger partial charge on any atom is -0.372 e. The zero-order chi connectivity index (χ0) is 14.5. The highest BCUT2D eigenvalue weighted by atomic mass is 16.6. The number of nitro groups is 1. The summed E-state index contributed by atoms with van der Waals surface area (Å²) in [6, 6.07) is 3.18. The molecular weight excluding hydrogens is 260 g/mol. The molecule has 1 atom stereocenters. The Bertz CT molecular complexity index is 567. The molecule has 0 aliphatic carbocycles. The molecule has 7 heteroatoms. The molecule has 2 heterocycles. The number of hydrogen-bond acceptors (Lipinski definition) is 6. The van der Waals surface area contributed by atoms with Crippen LogP contribution in [0.2, 0.25) is 0 Å². The Labute approximate surface area is 116 Å². The van der Waals surface area contributed by atoms with Crippen molar-refractivity contribution in [1.29, 1.82) is 5.26 Å². The van der Waals surface area contributed by atoms with E-state index in [0.29, 0.717) is 19.7 Å². The lowest BCUT2D eigenvalue weighted by Crippen LogP contribution is -2.24. The minimum absolute atomic E-state index is 0.000135. The van der Waals surface area contributed by atoms with Gasteiger partial charge in [-0.2, -0.15) is 5.26 Å². The molecule has 104 valence electrons. The number of pyridine rings is 1. The van der Waals surface area contributed by atoms with E-state index in [-0.39, 0.29) is 23.2 Å². The van der Waals surface area contributed by atoms with E-state index in [1.165, 1.54) is 12.3 Å². The molecule has 0 amide bonds. The van der Waals surface area contributed by atoms with Gasteiger partial charge in [-0.25, -0.2) is 4.98 Å². The molecule has 1 aliphatic rings. The highest BCUT2D eigenvalue weighted by Crippen LogP contribution is 2.31. The first kappa shape index (κ1) is 14.0. The van der Waals surface area contributed by atoms with E-state index < -0.39 is 4.92 Å². The monoisotopic (exact) mass is 274 g/mol. The van der Waals surface area contributed by atoms with Crippen LogP contribution in [0.3, 0.4) is 0 Å². The normalized spacial score (nSPS) is 17.8. The standard InChI is InChI=1S/C13H14N4O3/c1-2-7-20-11-4-6-16(9-11)13-12(17(18)19)10(8-14)3-5-15-13/h2-3,5,11H,1,4,6-7,9H2. The van der Waals surface area contributed by atoms with Gasteiger partial charge in [0, 0.05) is 19.3 Å². The fraction of sp³-hybridized carbons (Fsp3) is 0.385. The van der Waals surface area contributed by atoms with Crippen molar-refractivity contribution < 1.29 is 9.66 Å². The van der Waals surface area contributed by atoms with Gasteiger partial charge in [0.15, 0.2) is 0 Å². The Kier molecular flexibility index (Phi) is 4.27. The predicted octanol–water partition coefficient (Wildman–Crippen LogP) is 1.64. The summed E-state index contributed by atoms with van der Waals surface area (Å²) in [5.74, 6) is 0.235. The van der Waals surface area contributed by atoms with E-state index >= 15 is 0 Å². The van der Waals surface area contributed by atoms with Crippen LogP contribution in [0.4, 0.5) is 11.5 Å². The summed E-state index contributed by atoms with van der Waals surface area (Å²) in [6.45, 7) is 5.17. The number of ether oxygens (including phenoxy) is 1. The minimum atomic E-state index is -0.557. The van der Waals surface area contributed by atoms with Gasteiger partial charge in [-0.3, -0.25) is 10.1 Å². The highest BCUT2D eigenvalue weighted by Gasteiger charge is 2.31. The molecule has 0 N–H and O–H groups in total. The summed E-state index contributed by atoms with van der Waals surface area (Å²) in [7, 11) is 0. The Balaban J connectivity index is 2.24. The molecule has 1 aromatic rings. The molecule has 0 bridgehead atoms. The predicted molar refractivity (Wildman–Crippen MR) is 72.4 cm³/mol. The third-order valence-electron chi connectivity index (χ3n) is 3.10. The molecule has 0 spiro atoms. The summed E-state index contributed by atoms with van der Waals surface area (Å²) in [5, 5.41) is 20.1. The summed E-state index contributed by atoms with van der Waals surface area (Å²) in [6.07, 6.45) is 3.85. The van der Waals surface area contributed by atoms with Crippen molar-refractivity contribution in [2.45, 2.75) is 12.5 Å². The first-order valence-electron chi connectivity index (χ1n) is 6.18. The maximum atomic E-state index is 11.2. The average molecular weight is 274 g/mol. The van der Waals surface area contributed by atoms with Crippen LogP contribution in [0.25, 0.3) is 0 Å². The number of nitrogens with zero attached hydrogens (tertiary/aromatic N) is 4. The van der Waals surface area contributed by atoms with E-state index in [0.717, 1.165) is 6.42 Å². The van der Waals surface area contributed by atoms with Gasteiger partial charge < -0.3 is 9.64 Å². The lowest BCUT2D eigenvalue weighted by atomic mass is 10.2. The van der Waals surface area contributed by atoms with Gasteiger partial charge in [-0.15, -0.1) is 6.58 Å². The number of nitriles is 1. The molecule has 7 nitrogen and oxygen atoms in total. The van der Waals surface area contributed by atoms with E-state index in [1.54, 1.807) is 11.0 Å². The van der Waals surface area contributed by atoms with Gasteiger partial charge in [0.05, 0.1) is 17.6 Å². The SMILES string of the molecule is C=CCOC1CCN(c2nccc(C#N)c2[N+](=O)[O-])C1. The molecule has 0 saturated carbocycles. The van der Waals surface area contributed by atoms with Crippen molar-refractivity contribution in [3.63, 3.8) is 0 Å². The quantitative estimate of drug-likeness (QED) is 0.460. The van der Waals surface area contributed by atoms with Crippen LogP contribution in [-0.2, 0) is 4.74 Å². The number of hydrogen-bond donors (Lipinski definition) is 0. The number of aromatic nitrogens is 1. The molecule has 0 radical (unpaired) electrons. The van der Waals surface area contributed by atoms with Crippen molar-refractivity contribution in [2.75, 3.05) is 24.6 Å². The summed E-state index contributed by atoms with van der Waals surface area (Å²) in [5.41, 5.74) is -0.213. The summed E-state index contributed by atoms with van der Waals surface area (Å²) >= 11 is 0. The highest BCUT2D eigenvalue weighted by molar-refractivity contribution is 5.65. The van der Waals surface area contributed by atoms with Crippen molar-refractivity contribution >= 4 is 11.5 Å². The van der Waals surface area contributed by atoms with Crippen molar-refractivity contribution in [2.24, 2.45) is 0 Å². The number of anilines is 1. The van der Waals surface area contributed by atoms with Gasteiger partial charge in [-0.05, 0) is 12.5 Å². The second-order valence-electron chi connectivity index (χ2n) is 4.38. The van der Waals surface area contributed by atoms with Crippen molar-refractivity contribution in [3.05, 3.63) is 40.6 Å². The average Bonchev–Trinajstić information content (AvgIpc) is 2.92. The van der Waals surface area contributed by atoms with Gasteiger partial charge in [0.2, 0.25) is 5.82 Å². The lowest BCUT2D eigenvalue weighted by molar-refractivity contribution is -0.384. The smallest absolute Gasteiger partial charge is 0.329 e. The van der Waals surface area contributed by atoms with E-state index in [1.807, 2.05) is 6.07 Å². The van der Waals surface area contributed by atoms with Crippen LogP contribution < -0.4 is 4.90 Å². The zero-order valence-electron chi connectivity index (χ0n) is 10.9. The van der Waals surface area contributed by atoms with Crippen molar-refractivity contribution in [1.82, 2.24) is 4.98 Å². The zero-order valence-corrected chi connectivity index (χ0v) is 10.9. The Hall–Kier alpha value is -2.46. The second kappa shape index (κ2) is 6.12. The summed E-state index contributed by atoms with van der Waals surface area (Å²) < 4.78 is 5.54. The van der Waals surface area contributed by atoms with Crippen LogP contribution in [0.1, 0.15) is 12.0 Å². The van der Waals surface area contributed by atoms with Crippen LogP contribution in [0.5, 0.6) is 0 Å². The van der Waals surface area contributed by atoms with Crippen LogP contribution in [-0.4, -0.2) is 35.7 Å². The van der Waals surface area contributed by atoms with Gasteiger partial charge in [0.25, 0.3) is 0 Å².